The number of nitrogens with two attached hydrogens (primary N) is 1. The van der Waals surface area contributed by atoms with E-state index in [-0.39, 0.29) is 12.5 Å². The number of nitrogens with zero attached hydrogens (tertiary/aromatic N) is 2. The van der Waals surface area contributed by atoms with E-state index < -0.39 is 0 Å². The van der Waals surface area contributed by atoms with Gasteiger partial charge in [0.2, 0.25) is 0 Å². The average Bonchev–Trinajstić information content (AvgIpc) is 2.52. The van der Waals surface area contributed by atoms with Gasteiger partial charge in [-0.05, 0) is 24.6 Å². The van der Waals surface area contributed by atoms with Crippen molar-refractivity contribution in [2.45, 2.75) is 6.92 Å². The third-order valence-corrected chi connectivity index (χ3v) is 3.10. The van der Waals surface area contributed by atoms with Gasteiger partial charge in [-0.15, -0.1) is 0 Å². The lowest BCUT2D eigenvalue weighted by Gasteiger charge is -2.19. The molecule has 0 aliphatic heterocycles. The molecule has 0 spiro atoms. The fourth-order valence-electron chi connectivity index (χ4n) is 2.02. The molecule has 2 aromatic rings. The van der Waals surface area contributed by atoms with Crippen molar-refractivity contribution >= 4 is 11.6 Å². The van der Waals surface area contributed by atoms with Crippen LogP contribution >= 0.6 is 0 Å². The van der Waals surface area contributed by atoms with Gasteiger partial charge in [-0.25, -0.2) is 0 Å². The van der Waals surface area contributed by atoms with Crippen LogP contribution in [0.4, 0.5) is 5.69 Å². The van der Waals surface area contributed by atoms with Crippen molar-refractivity contribution in [3.63, 3.8) is 0 Å². The number of rotatable bonds is 2. The maximum atomic E-state index is 12.5. The topological polar surface area (TPSA) is 59.2 Å². The molecule has 0 aliphatic carbocycles. The molecule has 106 valence electrons. The van der Waals surface area contributed by atoms with E-state index in [0.717, 1.165) is 11.3 Å². The number of aromatic nitrogens is 1. The van der Waals surface area contributed by atoms with Crippen LogP contribution in [0.5, 0.6) is 0 Å². The summed E-state index contributed by atoms with van der Waals surface area (Å²) < 4.78 is 0. The highest BCUT2D eigenvalue weighted by Crippen LogP contribution is 2.19. The second-order valence-corrected chi connectivity index (χ2v) is 4.62. The molecule has 4 heteroatoms. The van der Waals surface area contributed by atoms with Crippen LogP contribution in [0.1, 0.15) is 21.5 Å². The van der Waals surface area contributed by atoms with E-state index in [4.69, 9.17) is 5.73 Å². The third-order valence-electron chi connectivity index (χ3n) is 3.10. The Balaban J connectivity index is 2.30. The molecule has 21 heavy (non-hydrogen) atoms. The van der Waals surface area contributed by atoms with Crippen LogP contribution in [-0.2, 0) is 0 Å². The second kappa shape index (κ2) is 6.69. The van der Waals surface area contributed by atoms with Crippen LogP contribution in [0, 0.1) is 18.8 Å². The summed E-state index contributed by atoms with van der Waals surface area (Å²) >= 11 is 0. The first-order valence-electron chi connectivity index (χ1n) is 6.61. The molecule has 1 heterocycles. The molecule has 2 N–H and O–H groups in total. The van der Waals surface area contributed by atoms with E-state index in [1.54, 1.807) is 30.4 Å². The standard InChI is InChI=1S/C17H17N3O/c1-13-6-3-4-8-16(13)20(2)17(21)15-10-14(7-5-9-18)11-19-12-15/h3-4,6,8,10-12H,9,18H2,1-2H3. The van der Waals surface area contributed by atoms with Gasteiger partial charge in [0, 0.05) is 30.7 Å². The summed E-state index contributed by atoms with van der Waals surface area (Å²) in [5.41, 5.74) is 8.45. The van der Waals surface area contributed by atoms with Gasteiger partial charge in [-0.3, -0.25) is 9.78 Å². The molecular weight excluding hydrogens is 262 g/mol. The molecule has 0 saturated heterocycles. The number of hydrogen-bond acceptors (Lipinski definition) is 3. The van der Waals surface area contributed by atoms with Crippen LogP contribution in [0.15, 0.2) is 42.7 Å². The number of benzene rings is 1. The summed E-state index contributed by atoms with van der Waals surface area (Å²) in [5, 5.41) is 0. The Labute approximate surface area is 124 Å². The molecule has 0 fully saturated rings. The van der Waals surface area contributed by atoms with Gasteiger partial charge >= 0.3 is 0 Å². The average molecular weight is 279 g/mol. The lowest BCUT2D eigenvalue weighted by atomic mass is 10.1. The molecule has 2 rings (SSSR count). The molecule has 0 atom stereocenters. The van der Waals surface area contributed by atoms with E-state index >= 15 is 0 Å². The predicted molar refractivity (Wildman–Crippen MR) is 84.1 cm³/mol. The van der Waals surface area contributed by atoms with E-state index in [1.807, 2.05) is 31.2 Å². The summed E-state index contributed by atoms with van der Waals surface area (Å²) in [7, 11) is 1.75. The van der Waals surface area contributed by atoms with Gasteiger partial charge in [-0.1, -0.05) is 30.0 Å². The van der Waals surface area contributed by atoms with Crippen molar-refractivity contribution in [1.82, 2.24) is 4.98 Å². The first-order valence-corrected chi connectivity index (χ1v) is 6.61. The van der Waals surface area contributed by atoms with E-state index in [2.05, 4.69) is 16.8 Å². The quantitative estimate of drug-likeness (QED) is 0.855. The zero-order valence-corrected chi connectivity index (χ0v) is 12.1. The Morgan fingerprint density at radius 1 is 1.33 bits per heavy atom. The molecule has 0 unspecified atom stereocenters. The van der Waals surface area contributed by atoms with Crippen molar-refractivity contribution in [2.24, 2.45) is 5.73 Å². The van der Waals surface area contributed by atoms with Gasteiger partial charge in [-0.2, -0.15) is 0 Å². The van der Waals surface area contributed by atoms with Gasteiger partial charge in [0.15, 0.2) is 0 Å². The number of carbonyl (C=O) groups excluding carboxylic acids is 1. The Morgan fingerprint density at radius 3 is 2.81 bits per heavy atom. The smallest absolute Gasteiger partial charge is 0.259 e. The summed E-state index contributed by atoms with van der Waals surface area (Å²) in [4.78, 5) is 18.2. The van der Waals surface area contributed by atoms with Crippen LogP contribution in [0.2, 0.25) is 0 Å². The number of pyridine rings is 1. The van der Waals surface area contributed by atoms with Gasteiger partial charge in [0.1, 0.15) is 0 Å². The van der Waals surface area contributed by atoms with E-state index in [1.165, 1.54) is 0 Å². The molecule has 0 radical (unpaired) electrons. The maximum absolute atomic E-state index is 12.5. The Hall–Kier alpha value is -2.64. The summed E-state index contributed by atoms with van der Waals surface area (Å²) in [6.45, 7) is 2.25. The van der Waals surface area contributed by atoms with Crippen molar-refractivity contribution < 1.29 is 4.79 Å². The Kier molecular flexibility index (Phi) is 4.70. The minimum Gasteiger partial charge on any atom is -0.320 e. The van der Waals surface area contributed by atoms with Crippen molar-refractivity contribution in [3.8, 4) is 11.8 Å². The highest BCUT2D eigenvalue weighted by Gasteiger charge is 2.15. The first kappa shape index (κ1) is 14.8. The minimum absolute atomic E-state index is 0.117. The fraction of sp³-hybridized carbons (Fsp3) is 0.176. The second-order valence-electron chi connectivity index (χ2n) is 4.62. The summed E-state index contributed by atoms with van der Waals surface area (Å²) in [6, 6.07) is 9.47. The normalized spacial score (nSPS) is 9.67. The number of carbonyl (C=O) groups is 1. The molecule has 1 amide bonds. The number of anilines is 1. The largest absolute Gasteiger partial charge is 0.320 e. The van der Waals surface area contributed by atoms with Crippen LogP contribution in [-0.4, -0.2) is 24.5 Å². The van der Waals surface area contributed by atoms with Gasteiger partial charge < -0.3 is 10.6 Å². The van der Waals surface area contributed by atoms with Crippen LogP contribution < -0.4 is 10.6 Å². The lowest BCUT2D eigenvalue weighted by Crippen LogP contribution is -2.27. The molecule has 4 nitrogen and oxygen atoms in total. The third kappa shape index (κ3) is 3.47. The SMILES string of the molecule is Cc1ccccc1N(C)C(=O)c1cncc(C#CCN)c1. The number of hydrogen-bond donors (Lipinski definition) is 1. The Morgan fingerprint density at radius 2 is 2.10 bits per heavy atom. The molecule has 1 aromatic heterocycles. The highest BCUT2D eigenvalue weighted by atomic mass is 16.2. The highest BCUT2D eigenvalue weighted by molar-refractivity contribution is 6.06. The summed E-state index contributed by atoms with van der Waals surface area (Å²) in [5.74, 6) is 5.52. The molecule has 1 aromatic carbocycles. The number of para-hydroxylation sites is 1. The predicted octanol–water partition coefficient (Wildman–Crippen LogP) is 1.98. The van der Waals surface area contributed by atoms with Crippen molar-refractivity contribution in [3.05, 3.63) is 59.4 Å². The minimum atomic E-state index is -0.117. The van der Waals surface area contributed by atoms with E-state index in [0.29, 0.717) is 11.1 Å². The molecule has 0 aliphatic rings. The number of aryl methyl sites for hydroxylation is 1. The zero-order valence-electron chi connectivity index (χ0n) is 12.1. The van der Waals surface area contributed by atoms with Gasteiger partial charge in [0.05, 0.1) is 12.1 Å². The van der Waals surface area contributed by atoms with E-state index in [9.17, 15) is 4.79 Å². The number of amides is 1. The van der Waals surface area contributed by atoms with Gasteiger partial charge in [0.25, 0.3) is 5.91 Å². The molecule has 0 saturated carbocycles. The monoisotopic (exact) mass is 279 g/mol. The maximum Gasteiger partial charge on any atom is 0.259 e. The summed E-state index contributed by atoms with van der Waals surface area (Å²) in [6.07, 6.45) is 3.16. The fourth-order valence-corrected chi connectivity index (χ4v) is 2.02. The molecule has 0 bridgehead atoms. The van der Waals surface area contributed by atoms with Crippen LogP contribution in [0.25, 0.3) is 0 Å². The van der Waals surface area contributed by atoms with Crippen LogP contribution in [0.3, 0.4) is 0 Å². The van der Waals surface area contributed by atoms with Crippen molar-refractivity contribution in [2.75, 3.05) is 18.5 Å². The van der Waals surface area contributed by atoms with Crippen molar-refractivity contribution in [1.29, 1.82) is 0 Å². The first-order chi connectivity index (χ1) is 10.1. The zero-order chi connectivity index (χ0) is 15.2. The Bertz CT molecular complexity index is 713. The lowest BCUT2D eigenvalue weighted by molar-refractivity contribution is 0.0992. The molecular formula is C17H17N3O.